The summed E-state index contributed by atoms with van der Waals surface area (Å²) in [7, 11) is 0. The van der Waals surface area contributed by atoms with Gasteiger partial charge in [0, 0.05) is 0 Å². The number of benzene rings is 1. The molecule has 0 unspecified atom stereocenters. The van der Waals surface area contributed by atoms with Gasteiger partial charge in [0.2, 0.25) is 5.91 Å². The molecule has 1 heterocycles. The highest BCUT2D eigenvalue weighted by molar-refractivity contribution is 6.29. The van der Waals surface area contributed by atoms with Gasteiger partial charge in [0.1, 0.15) is 10.9 Å². The van der Waals surface area contributed by atoms with Gasteiger partial charge in [-0.2, -0.15) is 0 Å². The Morgan fingerprint density at radius 3 is 2.70 bits per heavy atom. The summed E-state index contributed by atoms with van der Waals surface area (Å²) in [6, 6.07) is 12.8. The van der Waals surface area contributed by atoms with Gasteiger partial charge in [-0.1, -0.05) is 29.8 Å². The van der Waals surface area contributed by atoms with Gasteiger partial charge < -0.3 is 10.1 Å². The van der Waals surface area contributed by atoms with E-state index in [1.54, 1.807) is 19.1 Å². The van der Waals surface area contributed by atoms with Gasteiger partial charge in [0.25, 0.3) is 0 Å². The van der Waals surface area contributed by atoms with E-state index in [2.05, 4.69) is 10.3 Å². The molecular formula is C15H15ClN2O2. The van der Waals surface area contributed by atoms with Crippen molar-refractivity contribution in [1.29, 1.82) is 0 Å². The molecule has 0 bridgehead atoms. The molecule has 1 amide bonds. The van der Waals surface area contributed by atoms with Crippen molar-refractivity contribution in [3.63, 3.8) is 0 Å². The van der Waals surface area contributed by atoms with Gasteiger partial charge in [0.15, 0.2) is 0 Å². The maximum Gasteiger partial charge on any atom is 0.227 e. The van der Waals surface area contributed by atoms with Gasteiger partial charge in [-0.05, 0) is 31.2 Å². The molecule has 0 saturated heterocycles. The molecule has 2 rings (SSSR count). The van der Waals surface area contributed by atoms with Crippen molar-refractivity contribution in [1.82, 2.24) is 4.98 Å². The zero-order valence-electron chi connectivity index (χ0n) is 11.1. The van der Waals surface area contributed by atoms with Crippen molar-refractivity contribution in [2.75, 3.05) is 11.9 Å². The molecular weight excluding hydrogens is 276 g/mol. The standard InChI is InChI=1S/C15H15ClN2O2/c1-11-13(7-8-14(16)17-11)18-15(19)9-10-20-12-5-3-2-4-6-12/h2-8H,9-10H2,1H3,(H,18,19). The minimum Gasteiger partial charge on any atom is -0.493 e. The molecule has 0 spiro atoms. The van der Waals surface area contributed by atoms with Crippen LogP contribution in [0.5, 0.6) is 5.75 Å². The number of anilines is 1. The third-order valence-electron chi connectivity index (χ3n) is 2.67. The summed E-state index contributed by atoms with van der Waals surface area (Å²) in [4.78, 5) is 15.9. The largest absolute Gasteiger partial charge is 0.493 e. The second-order valence-corrected chi connectivity index (χ2v) is 4.61. The molecule has 0 fully saturated rings. The molecule has 0 aliphatic carbocycles. The molecule has 2 aromatic rings. The van der Waals surface area contributed by atoms with Gasteiger partial charge >= 0.3 is 0 Å². The number of halogens is 1. The van der Waals surface area contributed by atoms with Crippen LogP contribution in [0, 0.1) is 6.92 Å². The monoisotopic (exact) mass is 290 g/mol. The molecule has 1 N–H and O–H groups in total. The number of aryl methyl sites for hydroxylation is 1. The fourth-order valence-corrected chi connectivity index (χ4v) is 1.84. The fraction of sp³-hybridized carbons (Fsp3) is 0.200. The topological polar surface area (TPSA) is 51.2 Å². The number of carbonyl (C=O) groups excluding carboxylic acids is 1. The molecule has 0 radical (unpaired) electrons. The molecule has 1 aromatic carbocycles. The second-order valence-electron chi connectivity index (χ2n) is 4.23. The molecule has 20 heavy (non-hydrogen) atoms. The van der Waals surface area contributed by atoms with Gasteiger partial charge in [-0.3, -0.25) is 4.79 Å². The lowest BCUT2D eigenvalue weighted by Gasteiger charge is -2.09. The van der Waals surface area contributed by atoms with Crippen molar-refractivity contribution in [2.45, 2.75) is 13.3 Å². The third-order valence-corrected chi connectivity index (χ3v) is 2.88. The lowest BCUT2D eigenvalue weighted by molar-refractivity contribution is -0.116. The Balaban J connectivity index is 1.81. The zero-order chi connectivity index (χ0) is 14.4. The lowest BCUT2D eigenvalue weighted by atomic mass is 10.3. The first-order valence-corrected chi connectivity index (χ1v) is 6.64. The lowest BCUT2D eigenvalue weighted by Crippen LogP contribution is -2.16. The van der Waals surface area contributed by atoms with Gasteiger partial charge in [-0.25, -0.2) is 4.98 Å². The number of rotatable bonds is 5. The maximum atomic E-state index is 11.8. The Hall–Kier alpha value is -2.07. The SMILES string of the molecule is Cc1nc(Cl)ccc1NC(=O)CCOc1ccccc1. The minimum atomic E-state index is -0.117. The predicted octanol–water partition coefficient (Wildman–Crippen LogP) is 3.45. The number of hydrogen-bond acceptors (Lipinski definition) is 3. The maximum absolute atomic E-state index is 11.8. The van der Waals surface area contributed by atoms with E-state index in [1.165, 1.54) is 0 Å². The first kappa shape index (κ1) is 14.3. The number of ether oxygens (including phenoxy) is 1. The van der Waals surface area contributed by atoms with Crippen molar-refractivity contribution in [3.05, 3.63) is 53.3 Å². The van der Waals surface area contributed by atoms with E-state index in [0.29, 0.717) is 23.1 Å². The average Bonchev–Trinajstić information content (AvgIpc) is 2.43. The van der Waals surface area contributed by atoms with Gasteiger partial charge in [-0.15, -0.1) is 0 Å². The predicted molar refractivity (Wildman–Crippen MR) is 79.2 cm³/mol. The smallest absolute Gasteiger partial charge is 0.227 e. The number of nitrogens with zero attached hydrogens (tertiary/aromatic N) is 1. The van der Waals surface area contributed by atoms with Crippen molar-refractivity contribution >= 4 is 23.2 Å². The van der Waals surface area contributed by atoms with E-state index in [0.717, 1.165) is 5.75 Å². The van der Waals surface area contributed by atoms with E-state index < -0.39 is 0 Å². The summed E-state index contributed by atoms with van der Waals surface area (Å²) in [6.07, 6.45) is 0.275. The van der Waals surface area contributed by atoms with Gasteiger partial charge in [0.05, 0.1) is 24.4 Å². The molecule has 5 heteroatoms. The number of carbonyl (C=O) groups is 1. The van der Waals surface area contributed by atoms with Crippen LogP contribution < -0.4 is 10.1 Å². The fourth-order valence-electron chi connectivity index (χ4n) is 1.65. The van der Waals surface area contributed by atoms with Crippen LogP contribution in [0.3, 0.4) is 0 Å². The highest BCUT2D eigenvalue weighted by Crippen LogP contribution is 2.16. The molecule has 0 atom stereocenters. The summed E-state index contributed by atoms with van der Waals surface area (Å²) in [5.41, 5.74) is 1.36. The normalized spacial score (nSPS) is 10.1. The number of aromatic nitrogens is 1. The number of hydrogen-bond donors (Lipinski definition) is 1. The number of para-hydroxylation sites is 1. The molecule has 0 aliphatic heterocycles. The number of nitrogens with one attached hydrogen (secondary N) is 1. The van der Waals surface area contributed by atoms with Crippen LogP contribution >= 0.6 is 11.6 Å². The molecule has 0 aliphatic rings. The Morgan fingerprint density at radius 1 is 1.25 bits per heavy atom. The molecule has 0 saturated carbocycles. The summed E-state index contributed by atoms with van der Waals surface area (Å²) in [5.74, 6) is 0.637. The third kappa shape index (κ3) is 4.24. The Kier molecular flexibility index (Phi) is 4.96. The van der Waals surface area contributed by atoms with Crippen LogP contribution in [0.15, 0.2) is 42.5 Å². The summed E-state index contributed by atoms with van der Waals surface area (Å²) >= 11 is 5.76. The second kappa shape index (κ2) is 6.91. The van der Waals surface area contributed by atoms with Crippen LogP contribution in [-0.4, -0.2) is 17.5 Å². The molecule has 1 aromatic heterocycles. The average molecular weight is 291 g/mol. The zero-order valence-corrected chi connectivity index (χ0v) is 11.9. The summed E-state index contributed by atoms with van der Waals surface area (Å²) in [5, 5.41) is 3.19. The van der Waals surface area contributed by atoms with Crippen molar-refractivity contribution in [3.8, 4) is 5.75 Å². The quantitative estimate of drug-likeness (QED) is 0.858. The van der Waals surface area contributed by atoms with E-state index in [1.807, 2.05) is 30.3 Å². The molecule has 104 valence electrons. The van der Waals surface area contributed by atoms with Crippen LogP contribution in [-0.2, 0) is 4.79 Å². The van der Waals surface area contributed by atoms with E-state index in [9.17, 15) is 4.79 Å². The summed E-state index contributed by atoms with van der Waals surface area (Å²) in [6.45, 7) is 2.12. The first-order chi connectivity index (χ1) is 9.65. The van der Waals surface area contributed by atoms with E-state index >= 15 is 0 Å². The Bertz CT molecular complexity index is 588. The van der Waals surface area contributed by atoms with Crippen LogP contribution in [0.2, 0.25) is 5.15 Å². The Morgan fingerprint density at radius 2 is 2.00 bits per heavy atom. The van der Waals surface area contributed by atoms with Crippen molar-refractivity contribution < 1.29 is 9.53 Å². The minimum absolute atomic E-state index is 0.117. The number of amides is 1. The number of pyridine rings is 1. The highest BCUT2D eigenvalue weighted by atomic mass is 35.5. The van der Waals surface area contributed by atoms with Crippen LogP contribution in [0.1, 0.15) is 12.1 Å². The first-order valence-electron chi connectivity index (χ1n) is 6.26. The summed E-state index contributed by atoms with van der Waals surface area (Å²) < 4.78 is 5.47. The van der Waals surface area contributed by atoms with E-state index in [-0.39, 0.29) is 12.3 Å². The van der Waals surface area contributed by atoms with Crippen LogP contribution in [0.25, 0.3) is 0 Å². The molecule has 4 nitrogen and oxygen atoms in total. The van der Waals surface area contributed by atoms with Crippen molar-refractivity contribution in [2.24, 2.45) is 0 Å². The van der Waals surface area contributed by atoms with Crippen LogP contribution in [0.4, 0.5) is 5.69 Å². The Labute approximate surface area is 122 Å². The highest BCUT2D eigenvalue weighted by Gasteiger charge is 2.06. The van der Waals surface area contributed by atoms with E-state index in [4.69, 9.17) is 16.3 Å².